The molecular weight excluding hydrogens is 839 g/mol. The first-order valence-electron chi connectivity index (χ1n) is 30.6. The zero-order valence-corrected chi connectivity index (χ0v) is 45.9. The number of hydrogen-bond donors (Lipinski definition) is 3. The molecule has 0 saturated heterocycles. The minimum absolute atomic E-state index is 0.00481. The molecule has 2 unspecified atom stereocenters. The summed E-state index contributed by atoms with van der Waals surface area (Å²) in [4.78, 5) is 24.5. The van der Waals surface area contributed by atoms with Gasteiger partial charge in [0.15, 0.2) is 0 Å². The van der Waals surface area contributed by atoms with Crippen molar-refractivity contribution in [2.75, 3.05) is 13.2 Å². The van der Waals surface area contributed by atoms with Crippen LogP contribution in [0.15, 0.2) is 24.3 Å². The van der Waals surface area contributed by atoms with E-state index in [9.17, 15) is 19.8 Å². The maximum atomic E-state index is 12.5. The lowest BCUT2D eigenvalue weighted by molar-refractivity contribution is -0.143. The fraction of sp³-hybridized carbons (Fsp3) is 0.903. The van der Waals surface area contributed by atoms with Crippen LogP contribution in [0.4, 0.5) is 0 Å². The third-order valence-electron chi connectivity index (χ3n) is 14.2. The van der Waals surface area contributed by atoms with E-state index in [4.69, 9.17) is 4.74 Å². The first-order chi connectivity index (χ1) is 33.5. The van der Waals surface area contributed by atoms with E-state index in [-0.39, 0.29) is 18.5 Å². The van der Waals surface area contributed by atoms with Crippen LogP contribution in [-0.2, 0) is 14.3 Å². The van der Waals surface area contributed by atoms with Gasteiger partial charge < -0.3 is 20.3 Å². The smallest absolute Gasteiger partial charge is 0.305 e. The van der Waals surface area contributed by atoms with E-state index in [0.717, 1.165) is 44.9 Å². The Morgan fingerprint density at radius 3 is 1.06 bits per heavy atom. The molecule has 0 aromatic rings. The second-order valence-corrected chi connectivity index (χ2v) is 21.0. The van der Waals surface area contributed by atoms with E-state index in [2.05, 4.69) is 31.3 Å². The summed E-state index contributed by atoms with van der Waals surface area (Å²) >= 11 is 0. The number of rotatable bonds is 57. The normalized spacial score (nSPS) is 12.7. The molecule has 68 heavy (non-hydrogen) atoms. The zero-order chi connectivity index (χ0) is 49.3. The largest absolute Gasteiger partial charge is 0.466 e. The number of carbonyl (C=O) groups excluding carboxylic acids is 2. The predicted molar refractivity (Wildman–Crippen MR) is 296 cm³/mol. The van der Waals surface area contributed by atoms with Crippen molar-refractivity contribution < 1.29 is 24.5 Å². The Morgan fingerprint density at radius 2 is 0.691 bits per heavy atom. The highest BCUT2D eigenvalue weighted by molar-refractivity contribution is 5.76. The van der Waals surface area contributed by atoms with Crippen molar-refractivity contribution in [2.45, 2.75) is 347 Å². The molecule has 2 atom stereocenters. The van der Waals surface area contributed by atoms with Gasteiger partial charge in [-0.3, -0.25) is 9.59 Å². The molecule has 0 aliphatic heterocycles. The molecule has 0 bridgehead atoms. The van der Waals surface area contributed by atoms with Crippen LogP contribution < -0.4 is 5.32 Å². The maximum Gasteiger partial charge on any atom is 0.305 e. The van der Waals surface area contributed by atoms with Crippen LogP contribution in [0.1, 0.15) is 335 Å². The van der Waals surface area contributed by atoms with E-state index in [1.165, 1.54) is 263 Å². The number of esters is 1. The van der Waals surface area contributed by atoms with E-state index in [0.29, 0.717) is 19.4 Å². The molecular formula is C62H119NO5. The molecule has 0 heterocycles. The van der Waals surface area contributed by atoms with Crippen molar-refractivity contribution >= 4 is 11.9 Å². The number of carbonyl (C=O) groups is 2. The van der Waals surface area contributed by atoms with Crippen molar-refractivity contribution in [3.05, 3.63) is 24.3 Å². The number of amides is 1. The summed E-state index contributed by atoms with van der Waals surface area (Å²) in [5, 5.41) is 23.1. The molecule has 0 aliphatic carbocycles. The van der Waals surface area contributed by atoms with Crippen LogP contribution in [0.25, 0.3) is 0 Å². The fourth-order valence-corrected chi connectivity index (χ4v) is 9.51. The molecule has 0 spiro atoms. The van der Waals surface area contributed by atoms with Gasteiger partial charge in [-0.2, -0.15) is 0 Å². The van der Waals surface area contributed by atoms with Gasteiger partial charge in [0.05, 0.1) is 25.4 Å². The van der Waals surface area contributed by atoms with Crippen LogP contribution >= 0.6 is 0 Å². The summed E-state index contributed by atoms with van der Waals surface area (Å²) in [6.45, 7) is 4.90. The molecule has 0 aromatic heterocycles. The van der Waals surface area contributed by atoms with Gasteiger partial charge in [0.2, 0.25) is 5.91 Å². The van der Waals surface area contributed by atoms with Crippen molar-refractivity contribution in [3.8, 4) is 0 Å². The van der Waals surface area contributed by atoms with E-state index < -0.39 is 12.1 Å². The van der Waals surface area contributed by atoms with Gasteiger partial charge in [-0.1, -0.05) is 289 Å². The number of allylic oxidation sites excluding steroid dienone is 3. The molecule has 0 radical (unpaired) electrons. The van der Waals surface area contributed by atoms with Crippen molar-refractivity contribution in [3.63, 3.8) is 0 Å². The lowest BCUT2D eigenvalue weighted by Crippen LogP contribution is -2.45. The van der Waals surface area contributed by atoms with Crippen molar-refractivity contribution in [1.29, 1.82) is 0 Å². The number of aliphatic hydroxyl groups is 2. The summed E-state index contributed by atoms with van der Waals surface area (Å²) in [6, 6.07) is -0.627. The van der Waals surface area contributed by atoms with Gasteiger partial charge >= 0.3 is 5.97 Å². The lowest BCUT2D eigenvalue weighted by atomic mass is 10.0. The third kappa shape index (κ3) is 53.7. The Morgan fingerprint density at radius 1 is 0.397 bits per heavy atom. The topological polar surface area (TPSA) is 95.9 Å². The minimum atomic E-state index is -0.843. The highest BCUT2D eigenvalue weighted by Crippen LogP contribution is 2.17. The molecule has 3 N–H and O–H groups in total. The highest BCUT2D eigenvalue weighted by Gasteiger charge is 2.18. The number of hydrogen-bond acceptors (Lipinski definition) is 5. The number of ether oxygens (including phenoxy) is 1. The predicted octanol–water partition coefficient (Wildman–Crippen LogP) is 19.0. The number of aliphatic hydroxyl groups excluding tert-OH is 2. The van der Waals surface area contributed by atoms with Crippen molar-refractivity contribution in [2.24, 2.45) is 0 Å². The number of unbranched alkanes of at least 4 members (excludes halogenated alkanes) is 44. The molecule has 1 amide bonds. The standard InChI is InChI=1S/C62H119NO5/c1-3-5-7-9-11-13-15-17-27-31-34-38-42-46-50-54-60(65)59(58-64)63-61(66)55-51-47-43-39-35-32-28-25-23-21-19-18-20-22-24-26-29-33-37-41-45-49-53-57-68-62(67)56-52-48-44-40-36-30-16-14-12-10-8-6-4-2/h14,16,50,54,59-60,64-65H,3-13,15,17-49,51-53,55-58H2,1-2H3,(H,63,66)/b16-14-,54-50+. The SMILES string of the molecule is CCCCCC/C=C\CCCCCCCC(=O)OCCCCCCCCCCCCCCCCCCCCCCCCCC(=O)NC(CO)C(O)/C=C/CCCCCCCCCCCCCCC. The summed E-state index contributed by atoms with van der Waals surface area (Å²) in [6.07, 6.45) is 70.7. The lowest BCUT2D eigenvalue weighted by Gasteiger charge is -2.20. The molecule has 6 nitrogen and oxygen atoms in total. The molecule has 6 heteroatoms. The van der Waals surface area contributed by atoms with Gasteiger partial charge in [-0.05, 0) is 57.8 Å². The summed E-state index contributed by atoms with van der Waals surface area (Å²) in [5.74, 6) is -0.0611. The Hall–Kier alpha value is -1.66. The van der Waals surface area contributed by atoms with E-state index >= 15 is 0 Å². The first-order valence-corrected chi connectivity index (χ1v) is 30.6. The third-order valence-corrected chi connectivity index (χ3v) is 14.2. The van der Waals surface area contributed by atoms with Crippen LogP contribution in [-0.4, -0.2) is 47.4 Å². The van der Waals surface area contributed by atoms with Crippen LogP contribution in [0, 0.1) is 0 Å². The van der Waals surface area contributed by atoms with Gasteiger partial charge in [0.25, 0.3) is 0 Å². The van der Waals surface area contributed by atoms with Gasteiger partial charge in [0, 0.05) is 12.8 Å². The quantitative estimate of drug-likeness (QED) is 0.0321. The number of nitrogens with one attached hydrogen (secondary N) is 1. The average Bonchev–Trinajstić information content (AvgIpc) is 3.34. The maximum absolute atomic E-state index is 12.5. The monoisotopic (exact) mass is 958 g/mol. The Labute approximate surface area is 424 Å². The van der Waals surface area contributed by atoms with Crippen LogP contribution in [0.5, 0.6) is 0 Å². The summed E-state index contributed by atoms with van der Waals surface area (Å²) in [5.41, 5.74) is 0. The van der Waals surface area contributed by atoms with Gasteiger partial charge in [0.1, 0.15) is 0 Å². The second kappa shape index (κ2) is 57.9. The van der Waals surface area contributed by atoms with Crippen LogP contribution in [0.3, 0.4) is 0 Å². The molecule has 0 saturated carbocycles. The average molecular weight is 959 g/mol. The molecule has 0 fully saturated rings. The summed E-state index contributed by atoms with van der Waals surface area (Å²) in [7, 11) is 0. The van der Waals surface area contributed by atoms with E-state index in [1.54, 1.807) is 6.08 Å². The Balaban J connectivity index is 3.39. The molecule has 0 rings (SSSR count). The zero-order valence-electron chi connectivity index (χ0n) is 45.9. The molecule has 0 aliphatic rings. The Bertz CT molecular complexity index is 1060. The molecule has 402 valence electrons. The summed E-state index contributed by atoms with van der Waals surface area (Å²) < 4.78 is 5.47. The first kappa shape index (κ1) is 66.3. The molecule has 0 aromatic carbocycles. The van der Waals surface area contributed by atoms with Gasteiger partial charge in [-0.15, -0.1) is 0 Å². The van der Waals surface area contributed by atoms with Crippen LogP contribution in [0.2, 0.25) is 0 Å². The van der Waals surface area contributed by atoms with E-state index in [1.807, 2.05) is 6.08 Å². The second-order valence-electron chi connectivity index (χ2n) is 21.0. The van der Waals surface area contributed by atoms with Crippen molar-refractivity contribution in [1.82, 2.24) is 5.32 Å². The highest BCUT2D eigenvalue weighted by atomic mass is 16.5. The van der Waals surface area contributed by atoms with Gasteiger partial charge in [-0.25, -0.2) is 0 Å². The fourth-order valence-electron chi connectivity index (χ4n) is 9.51. The minimum Gasteiger partial charge on any atom is -0.466 e. The Kier molecular flexibility index (Phi) is 56.5.